The van der Waals surface area contributed by atoms with Crippen LogP contribution in [0.4, 0.5) is 0 Å². The van der Waals surface area contributed by atoms with Gasteiger partial charge in [-0.05, 0) is 61.0 Å². The number of fused-ring (bicyclic) bond motifs is 1. The molecule has 0 spiro atoms. The highest BCUT2D eigenvalue weighted by Crippen LogP contribution is 2.26. The van der Waals surface area contributed by atoms with Gasteiger partial charge in [-0.3, -0.25) is 14.2 Å². The number of hydrogen-bond donors (Lipinski definition) is 2. The average molecular weight is 584 g/mol. The Kier molecular flexibility index (Phi) is 8.38. The third-order valence-electron chi connectivity index (χ3n) is 5.88. The van der Waals surface area contributed by atoms with Gasteiger partial charge in [0.1, 0.15) is 5.82 Å². The Hall–Kier alpha value is -3.53. The summed E-state index contributed by atoms with van der Waals surface area (Å²) in [5, 5.41) is 11.1. The highest BCUT2D eigenvalue weighted by atomic mass is 79.9. The minimum Gasteiger partial charge on any atom is -0.479 e. The van der Waals surface area contributed by atoms with Crippen molar-refractivity contribution in [2.45, 2.75) is 19.0 Å². The van der Waals surface area contributed by atoms with Crippen molar-refractivity contribution in [3.05, 3.63) is 110 Å². The van der Waals surface area contributed by atoms with Crippen molar-refractivity contribution in [1.82, 2.24) is 14.5 Å². The first-order valence-electron chi connectivity index (χ1n) is 11.5. The number of carbonyl (C=O) groups excluding carboxylic acids is 1. The van der Waals surface area contributed by atoms with E-state index in [9.17, 15) is 19.5 Å². The van der Waals surface area contributed by atoms with Gasteiger partial charge in [0.05, 0.1) is 17.4 Å². The minimum absolute atomic E-state index is 0.0527. The highest BCUT2D eigenvalue weighted by Gasteiger charge is 2.35. The summed E-state index contributed by atoms with van der Waals surface area (Å²) >= 11 is 9.51. The molecule has 1 unspecified atom stereocenters. The zero-order valence-corrected chi connectivity index (χ0v) is 22.0. The summed E-state index contributed by atoms with van der Waals surface area (Å²) in [6.45, 7) is 0.368. The van der Waals surface area contributed by atoms with Gasteiger partial charge in [-0.15, -0.1) is 0 Å². The lowest BCUT2D eigenvalue weighted by molar-refractivity contribution is -0.143. The number of aliphatic carboxylic acids is 1. The summed E-state index contributed by atoms with van der Waals surface area (Å²) in [5.41, 5.74) is 6.61. The molecule has 0 bridgehead atoms. The number of carbonyl (C=O) groups is 2. The Morgan fingerprint density at radius 2 is 1.78 bits per heavy atom. The van der Waals surface area contributed by atoms with Crippen LogP contribution in [0.15, 0.2) is 82.1 Å². The number of aromatic nitrogens is 2. The fourth-order valence-electron chi connectivity index (χ4n) is 4.09. The average Bonchev–Trinajstić information content (AvgIpc) is 2.88. The molecule has 3 aromatic carbocycles. The smallest absolute Gasteiger partial charge is 0.334 e. The number of benzene rings is 3. The van der Waals surface area contributed by atoms with Gasteiger partial charge < -0.3 is 15.7 Å². The van der Waals surface area contributed by atoms with E-state index < -0.39 is 23.5 Å². The van der Waals surface area contributed by atoms with Crippen molar-refractivity contribution in [2.75, 3.05) is 13.1 Å². The van der Waals surface area contributed by atoms with E-state index in [1.54, 1.807) is 36.4 Å². The first-order valence-corrected chi connectivity index (χ1v) is 12.7. The predicted octanol–water partition coefficient (Wildman–Crippen LogP) is 4.48. The molecule has 1 amide bonds. The molecular formula is C27H24BrClN4O4. The van der Waals surface area contributed by atoms with E-state index in [0.29, 0.717) is 22.4 Å². The van der Waals surface area contributed by atoms with Crippen LogP contribution in [-0.2, 0) is 11.3 Å². The van der Waals surface area contributed by atoms with Crippen molar-refractivity contribution in [2.24, 2.45) is 5.73 Å². The molecule has 0 saturated heterocycles. The zero-order chi connectivity index (χ0) is 26.5. The molecule has 3 N–H and O–H groups in total. The summed E-state index contributed by atoms with van der Waals surface area (Å²) < 4.78 is 2.09. The van der Waals surface area contributed by atoms with Crippen molar-refractivity contribution >= 4 is 50.3 Å². The third kappa shape index (κ3) is 5.90. The lowest BCUT2D eigenvalue weighted by Crippen LogP contribution is -2.43. The molecule has 0 saturated carbocycles. The van der Waals surface area contributed by atoms with Gasteiger partial charge in [0.25, 0.3) is 11.5 Å². The fourth-order valence-corrected chi connectivity index (χ4v) is 4.52. The lowest BCUT2D eigenvalue weighted by atomic mass is 10.1. The number of carboxylic acids is 1. The maximum absolute atomic E-state index is 13.7. The van der Waals surface area contributed by atoms with Crippen molar-refractivity contribution < 1.29 is 14.7 Å². The van der Waals surface area contributed by atoms with Crippen molar-refractivity contribution in [3.8, 4) is 0 Å². The summed E-state index contributed by atoms with van der Waals surface area (Å²) in [5.74, 6) is -1.91. The zero-order valence-electron chi connectivity index (χ0n) is 19.7. The van der Waals surface area contributed by atoms with Gasteiger partial charge in [0, 0.05) is 21.6 Å². The molecule has 1 heterocycles. The molecule has 0 aliphatic carbocycles. The van der Waals surface area contributed by atoms with E-state index in [4.69, 9.17) is 17.3 Å². The van der Waals surface area contributed by atoms with Crippen LogP contribution < -0.4 is 11.3 Å². The number of hydrogen-bond acceptors (Lipinski definition) is 5. The van der Waals surface area contributed by atoms with E-state index in [1.807, 2.05) is 30.3 Å². The molecule has 37 heavy (non-hydrogen) atoms. The number of nitrogens with two attached hydrogens (primary N) is 1. The van der Waals surface area contributed by atoms with E-state index in [2.05, 4.69) is 20.9 Å². The standard InChI is InChI=1S/C27H24BrClN4O4/c28-19-9-7-18(8-10-19)25(34)32(14-4-13-30)23(27(36)37)24-31-22-15-20(29)11-12-21(22)26(35)33(24)16-17-5-2-1-3-6-17/h1-3,5-12,15,23H,4,13-14,16,30H2,(H,36,37). The van der Waals surface area contributed by atoms with Crippen LogP contribution in [0.25, 0.3) is 10.9 Å². The first kappa shape index (κ1) is 26.5. The number of nitrogens with zero attached hydrogens (tertiary/aromatic N) is 3. The van der Waals surface area contributed by atoms with Crippen LogP contribution in [0.1, 0.15) is 34.2 Å². The Bertz CT molecular complexity index is 1490. The van der Waals surface area contributed by atoms with E-state index in [0.717, 1.165) is 10.0 Å². The van der Waals surface area contributed by atoms with E-state index >= 15 is 0 Å². The normalized spacial score (nSPS) is 11.9. The second-order valence-electron chi connectivity index (χ2n) is 8.40. The third-order valence-corrected chi connectivity index (χ3v) is 6.64. The van der Waals surface area contributed by atoms with Gasteiger partial charge in [0.2, 0.25) is 0 Å². The van der Waals surface area contributed by atoms with Crippen LogP contribution >= 0.6 is 27.5 Å². The summed E-state index contributed by atoms with van der Waals surface area (Å²) in [6.07, 6.45) is 0.356. The molecular weight excluding hydrogens is 560 g/mol. The molecule has 8 nitrogen and oxygen atoms in total. The Morgan fingerprint density at radius 3 is 2.43 bits per heavy atom. The molecule has 4 rings (SSSR count). The first-order chi connectivity index (χ1) is 17.8. The molecule has 0 aliphatic heterocycles. The second-order valence-corrected chi connectivity index (χ2v) is 9.75. The molecule has 0 aliphatic rings. The van der Waals surface area contributed by atoms with Crippen LogP contribution in [-0.4, -0.2) is 44.5 Å². The molecule has 0 fully saturated rings. The van der Waals surface area contributed by atoms with Gasteiger partial charge in [-0.25, -0.2) is 9.78 Å². The van der Waals surface area contributed by atoms with E-state index in [-0.39, 0.29) is 31.0 Å². The van der Waals surface area contributed by atoms with Gasteiger partial charge in [-0.2, -0.15) is 0 Å². The van der Waals surface area contributed by atoms with Crippen LogP contribution in [0.3, 0.4) is 0 Å². The van der Waals surface area contributed by atoms with Gasteiger partial charge in [0.15, 0.2) is 6.04 Å². The molecule has 1 atom stereocenters. The fraction of sp³-hybridized carbons (Fsp3) is 0.185. The van der Waals surface area contributed by atoms with Crippen LogP contribution in [0, 0.1) is 0 Å². The topological polar surface area (TPSA) is 119 Å². The van der Waals surface area contributed by atoms with E-state index in [1.165, 1.54) is 15.5 Å². The van der Waals surface area contributed by atoms with Gasteiger partial charge in [-0.1, -0.05) is 57.9 Å². The van der Waals surface area contributed by atoms with Crippen LogP contribution in [0.5, 0.6) is 0 Å². The Balaban J connectivity index is 1.94. The van der Waals surface area contributed by atoms with Gasteiger partial charge >= 0.3 is 5.97 Å². The molecule has 10 heteroatoms. The molecule has 4 aromatic rings. The lowest BCUT2D eigenvalue weighted by Gasteiger charge is -2.30. The molecule has 1 aromatic heterocycles. The van der Waals surface area contributed by atoms with Crippen molar-refractivity contribution in [3.63, 3.8) is 0 Å². The summed E-state index contributed by atoms with van der Waals surface area (Å²) in [6, 6.07) is 18.9. The largest absolute Gasteiger partial charge is 0.479 e. The van der Waals surface area contributed by atoms with Crippen molar-refractivity contribution in [1.29, 1.82) is 0 Å². The quantitative estimate of drug-likeness (QED) is 0.300. The minimum atomic E-state index is -1.55. The SMILES string of the molecule is NCCCN(C(=O)c1ccc(Br)cc1)C(C(=O)O)c1nc2cc(Cl)ccc2c(=O)n1Cc1ccccc1. The summed E-state index contributed by atoms with van der Waals surface area (Å²) in [7, 11) is 0. The Morgan fingerprint density at radius 1 is 1.08 bits per heavy atom. The maximum atomic E-state index is 13.7. The predicted molar refractivity (Wildman–Crippen MR) is 146 cm³/mol. The monoisotopic (exact) mass is 582 g/mol. The molecule has 0 radical (unpaired) electrons. The maximum Gasteiger partial charge on any atom is 0.334 e. The number of amides is 1. The summed E-state index contributed by atoms with van der Waals surface area (Å²) in [4.78, 5) is 45.9. The Labute approximate surface area is 226 Å². The number of rotatable bonds is 9. The second kappa shape index (κ2) is 11.7. The number of halogens is 2. The van der Waals surface area contributed by atoms with Crippen LogP contribution in [0.2, 0.25) is 5.02 Å². The highest BCUT2D eigenvalue weighted by molar-refractivity contribution is 9.10. The molecule has 190 valence electrons. The number of carboxylic acid groups (broad SMARTS) is 1.